The molecule has 194 valence electrons. The smallest absolute Gasteiger partial charge is 0.266 e. The van der Waals surface area contributed by atoms with Crippen molar-refractivity contribution < 1.29 is 13.7 Å². The number of aromatic nitrogens is 5. The third kappa shape index (κ3) is 4.90. The van der Waals surface area contributed by atoms with Crippen LogP contribution in [-0.2, 0) is 6.42 Å². The predicted molar refractivity (Wildman–Crippen MR) is 139 cm³/mol. The third-order valence-corrected chi connectivity index (χ3v) is 7.12. The van der Waals surface area contributed by atoms with Crippen LogP contribution in [0.4, 0.5) is 10.3 Å². The summed E-state index contributed by atoms with van der Waals surface area (Å²) in [6, 6.07) is 5.24. The van der Waals surface area contributed by atoms with Crippen molar-refractivity contribution in [3.63, 3.8) is 0 Å². The maximum atomic E-state index is 15.3. The molecule has 1 aromatic carbocycles. The fourth-order valence-corrected chi connectivity index (χ4v) is 4.96. The number of carbonyl (C=O) groups is 1. The minimum absolute atomic E-state index is 0.0855. The standard InChI is InChI=1S/C26H29ClFN7O2/c1-15(2)24-31-26(32-37-24)34-9-7-18(8-10-34)35-13-20(28)22-21(29-14-30-23(22)35)12-16-5-6-17(11-19(16)27)25(36)33(3)4/h5-6,11,13-15,18H,7-10,12H2,1-4H3. The lowest BCUT2D eigenvalue weighted by atomic mass is 10.0. The zero-order valence-corrected chi connectivity index (χ0v) is 22.0. The van der Waals surface area contributed by atoms with E-state index in [1.165, 1.54) is 17.4 Å². The molecular weight excluding hydrogens is 497 g/mol. The second-order valence-electron chi connectivity index (χ2n) is 9.89. The van der Waals surface area contributed by atoms with Gasteiger partial charge < -0.3 is 18.9 Å². The molecule has 3 aromatic heterocycles. The highest BCUT2D eigenvalue weighted by Crippen LogP contribution is 2.32. The molecule has 0 bridgehead atoms. The maximum absolute atomic E-state index is 15.3. The summed E-state index contributed by atoms with van der Waals surface area (Å²) < 4.78 is 22.5. The van der Waals surface area contributed by atoms with Crippen molar-refractivity contribution >= 4 is 34.5 Å². The van der Waals surface area contributed by atoms with E-state index in [-0.39, 0.29) is 23.7 Å². The number of piperidine rings is 1. The highest BCUT2D eigenvalue weighted by atomic mass is 35.5. The van der Waals surface area contributed by atoms with E-state index in [1.54, 1.807) is 32.3 Å². The molecule has 4 heterocycles. The van der Waals surface area contributed by atoms with Gasteiger partial charge in [0.25, 0.3) is 11.9 Å². The number of nitrogens with zero attached hydrogens (tertiary/aromatic N) is 7. The number of rotatable bonds is 6. The molecule has 0 N–H and O–H groups in total. The summed E-state index contributed by atoms with van der Waals surface area (Å²) in [5, 5.41) is 4.95. The number of amides is 1. The number of fused-ring (bicyclic) bond motifs is 1. The van der Waals surface area contributed by atoms with Gasteiger partial charge in [0.05, 0.1) is 11.1 Å². The first-order chi connectivity index (χ1) is 17.7. The molecule has 9 nitrogen and oxygen atoms in total. The fraction of sp³-hybridized carbons (Fsp3) is 0.423. The highest BCUT2D eigenvalue weighted by Gasteiger charge is 2.27. The maximum Gasteiger partial charge on any atom is 0.266 e. The summed E-state index contributed by atoms with van der Waals surface area (Å²) in [7, 11) is 3.37. The molecule has 1 aliphatic heterocycles. The monoisotopic (exact) mass is 525 g/mol. The number of carbonyl (C=O) groups excluding carboxylic acids is 1. The van der Waals surface area contributed by atoms with Gasteiger partial charge in [-0.15, -0.1) is 0 Å². The van der Waals surface area contributed by atoms with Gasteiger partial charge in [-0.3, -0.25) is 4.79 Å². The minimum atomic E-state index is -0.358. The second-order valence-corrected chi connectivity index (χ2v) is 10.3. The molecule has 0 atom stereocenters. The summed E-state index contributed by atoms with van der Waals surface area (Å²) in [6.07, 6.45) is 4.90. The number of anilines is 1. The van der Waals surface area contributed by atoms with Crippen LogP contribution in [0.25, 0.3) is 11.0 Å². The second kappa shape index (κ2) is 10.1. The molecule has 37 heavy (non-hydrogen) atoms. The van der Waals surface area contributed by atoms with Crippen LogP contribution in [-0.4, -0.2) is 62.7 Å². The van der Waals surface area contributed by atoms with Crippen molar-refractivity contribution in [3.05, 3.63) is 64.3 Å². The van der Waals surface area contributed by atoms with E-state index in [0.29, 0.717) is 45.6 Å². The third-order valence-electron chi connectivity index (χ3n) is 6.77. The van der Waals surface area contributed by atoms with Crippen LogP contribution < -0.4 is 4.90 Å². The number of halogens is 2. The van der Waals surface area contributed by atoms with Gasteiger partial charge in [-0.25, -0.2) is 14.4 Å². The Balaban J connectivity index is 1.36. The lowest BCUT2D eigenvalue weighted by Crippen LogP contribution is -2.35. The molecule has 1 fully saturated rings. The van der Waals surface area contributed by atoms with E-state index >= 15 is 4.39 Å². The Morgan fingerprint density at radius 1 is 1.24 bits per heavy atom. The molecule has 11 heteroatoms. The van der Waals surface area contributed by atoms with Crippen molar-refractivity contribution in [1.29, 1.82) is 0 Å². The van der Waals surface area contributed by atoms with Crippen molar-refractivity contribution in [2.45, 2.75) is 45.1 Å². The molecule has 1 saturated heterocycles. The Hall–Kier alpha value is -3.53. The summed E-state index contributed by atoms with van der Waals surface area (Å²) in [5.41, 5.74) is 2.38. The highest BCUT2D eigenvalue weighted by molar-refractivity contribution is 6.31. The van der Waals surface area contributed by atoms with Crippen LogP contribution in [0.1, 0.15) is 66.2 Å². The van der Waals surface area contributed by atoms with Gasteiger partial charge in [0.2, 0.25) is 5.89 Å². The van der Waals surface area contributed by atoms with Gasteiger partial charge in [-0.1, -0.05) is 31.5 Å². The largest absolute Gasteiger partial charge is 0.345 e. The van der Waals surface area contributed by atoms with E-state index in [4.69, 9.17) is 16.1 Å². The van der Waals surface area contributed by atoms with Gasteiger partial charge in [0.15, 0.2) is 5.82 Å². The van der Waals surface area contributed by atoms with Crippen LogP contribution in [0.2, 0.25) is 5.02 Å². The normalized spacial score (nSPS) is 14.6. The average Bonchev–Trinajstić information content (AvgIpc) is 3.51. The molecule has 0 spiro atoms. The Kier molecular flexibility index (Phi) is 6.85. The first kappa shape index (κ1) is 25.1. The molecule has 0 saturated carbocycles. The molecule has 5 rings (SSSR count). The summed E-state index contributed by atoms with van der Waals surface area (Å²) in [4.78, 5) is 29.2. The van der Waals surface area contributed by atoms with Gasteiger partial charge in [-0.05, 0) is 35.7 Å². The van der Waals surface area contributed by atoms with Crippen molar-refractivity contribution in [3.8, 4) is 0 Å². The zero-order valence-electron chi connectivity index (χ0n) is 21.3. The Labute approximate surface area is 219 Å². The molecule has 0 aliphatic carbocycles. The molecule has 0 unspecified atom stereocenters. The van der Waals surface area contributed by atoms with Gasteiger partial charge in [0.1, 0.15) is 12.0 Å². The molecule has 4 aromatic rings. The van der Waals surface area contributed by atoms with Crippen LogP contribution in [0.3, 0.4) is 0 Å². The Morgan fingerprint density at radius 2 is 2.00 bits per heavy atom. The fourth-order valence-electron chi connectivity index (χ4n) is 4.71. The lowest BCUT2D eigenvalue weighted by Gasteiger charge is -2.31. The first-order valence-electron chi connectivity index (χ1n) is 12.3. The molecule has 1 amide bonds. The van der Waals surface area contributed by atoms with E-state index in [1.807, 2.05) is 18.4 Å². The van der Waals surface area contributed by atoms with E-state index in [2.05, 4.69) is 25.0 Å². The van der Waals surface area contributed by atoms with E-state index in [9.17, 15) is 4.79 Å². The van der Waals surface area contributed by atoms with Crippen molar-refractivity contribution in [2.75, 3.05) is 32.1 Å². The van der Waals surface area contributed by atoms with Gasteiger partial charge in [-0.2, -0.15) is 4.98 Å². The summed E-state index contributed by atoms with van der Waals surface area (Å²) in [6.45, 7) is 5.49. The number of hydrogen-bond donors (Lipinski definition) is 0. The number of hydrogen-bond acceptors (Lipinski definition) is 7. The van der Waals surface area contributed by atoms with Crippen molar-refractivity contribution in [1.82, 2.24) is 29.6 Å². The minimum Gasteiger partial charge on any atom is -0.345 e. The molecular formula is C26H29ClFN7O2. The SMILES string of the molecule is CC(C)c1nc(N2CCC(n3cc(F)c4c(Cc5ccc(C(=O)N(C)C)cc5Cl)ncnc43)CC2)no1. The van der Waals surface area contributed by atoms with Gasteiger partial charge >= 0.3 is 0 Å². The lowest BCUT2D eigenvalue weighted by molar-refractivity contribution is 0.0827. The zero-order chi connectivity index (χ0) is 26.3. The Bertz CT molecular complexity index is 1440. The van der Waals surface area contributed by atoms with Crippen LogP contribution in [0, 0.1) is 5.82 Å². The topological polar surface area (TPSA) is 93.2 Å². The number of benzene rings is 1. The predicted octanol–water partition coefficient (Wildman–Crippen LogP) is 4.86. The van der Waals surface area contributed by atoms with Crippen molar-refractivity contribution in [2.24, 2.45) is 0 Å². The van der Waals surface area contributed by atoms with Crippen LogP contribution in [0.15, 0.2) is 35.2 Å². The van der Waals surface area contributed by atoms with Crippen LogP contribution >= 0.6 is 11.6 Å². The first-order valence-corrected chi connectivity index (χ1v) is 12.7. The summed E-state index contributed by atoms with van der Waals surface area (Å²) >= 11 is 6.49. The average molecular weight is 526 g/mol. The quantitative estimate of drug-likeness (QED) is 0.354. The van der Waals surface area contributed by atoms with E-state index in [0.717, 1.165) is 31.5 Å². The van der Waals surface area contributed by atoms with Gasteiger partial charge in [0, 0.05) is 62.3 Å². The molecule has 0 radical (unpaired) electrons. The summed E-state index contributed by atoms with van der Waals surface area (Å²) in [5.74, 6) is 0.912. The molecule has 1 aliphatic rings. The van der Waals surface area contributed by atoms with E-state index < -0.39 is 0 Å². The van der Waals surface area contributed by atoms with Crippen LogP contribution in [0.5, 0.6) is 0 Å². The Morgan fingerprint density at radius 3 is 2.65 bits per heavy atom.